The molecule has 0 bridgehead atoms. The molecule has 194 valence electrons. The lowest BCUT2D eigenvalue weighted by atomic mass is 10.0. The number of aromatic hydroxyl groups is 1. The number of rotatable bonds is 15. The molecule has 13 nitrogen and oxygen atoms in total. The molecule has 0 aliphatic heterocycles. The number of phenolic OH excluding ortho intramolecular Hbond substituents is 1. The summed E-state index contributed by atoms with van der Waals surface area (Å²) in [5.41, 5.74) is 16.7. The van der Waals surface area contributed by atoms with Gasteiger partial charge in [0.25, 0.3) is 0 Å². The van der Waals surface area contributed by atoms with Gasteiger partial charge in [-0.1, -0.05) is 12.1 Å². The smallest absolute Gasteiger partial charge is 0.326 e. The number of primary amides is 1. The van der Waals surface area contributed by atoms with Crippen molar-refractivity contribution in [1.29, 1.82) is 0 Å². The fourth-order valence-corrected chi connectivity index (χ4v) is 3.09. The van der Waals surface area contributed by atoms with Gasteiger partial charge in [-0.15, -0.1) is 0 Å². The number of nitrogens with one attached hydrogen (secondary N) is 3. The average molecular weight is 495 g/mol. The number of benzene rings is 1. The molecule has 0 radical (unpaired) electrons. The largest absolute Gasteiger partial charge is 0.508 e. The van der Waals surface area contributed by atoms with Crippen LogP contribution in [0.2, 0.25) is 0 Å². The molecule has 4 amide bonds. The Labute approximate surface area is 202 Å². The molecule has 13 heteroatoms. The molecular weight excluding hydrogens is 460 g/mol. The molecule has 0 aliphatic rings. The summed E-state index contributed by atoms with van der Waals surface area (Å²) in [7, 11) is 0. The Morgan fingerprint density at radius 2 is 1.43 bits per heavy atom. The Kier molecular flexibility index (Phi) is 12.2. The summed E-state index contributed by atoms with van der Waals surface area (Å²) in [5.74, 6) is -4.52. The van der Waals surface area contributed by atoms with E-state index in [9.17, 15) is 34.2 Å². The maximum absolute atomic E-state index is 13.0. The van der Waals surface area contributed by atoms with E-state index >= 15 is 0 Å². The van der Waals surface area contributed by atoms with Gasteiger partial charge in [0.1, 0.15) is 23.9 Å². The van der Waals surface area contributed by atoms with E-state index in [1.807, 2.05) is 0 Å². The quantitative estimate of drug-likeness (QED) is 0.123. The molecule has 0 aromatic heterocycles. The first kappa shape index (κ1) is 29.3. The van der Waals surface area contributed by atoms with Crippen LogP contribution in [0.3, 0.4) is 0 Å². The summed E-state index contributed by atoms with van der Waals surface area (Å²) in [6, 6.07) is 0.959. The highest BCUT2D eigenvalue weighted by atomic mass is 16.4. The van der Waals surface area contributed by atoms with Gasteiger partial charge in [0.05, 0.1) is 12.5 Å². The lowest BCUT2D eigenvalue weighted by molar-refractivity contribution is -0.142. The number of carboxylic acids is 1. The van der Waals surface area contributed by atoms with Crippen molar-refractivity contribution in [2.24, 2.45) is 17.2 Å². The minimum Gasteiger partial charge on any atom is -0.508 e. The Balaban J connectivity index is 3.12. The molecule has 4 atom stereocenters. The minimum atomic E-state index is -1.40. The molecule has 0 saturated heterocycles. The highest BCUT2D eigenvalue weighted by molar-refractivity contribution is 5.96. The number of phenols is 1. The van der Waals surface area contributed by atoms with Crippen molar-refractivity contribution in [1.82, 2.24) is 16.0 Å². The molecule has 0 saturated carbocycles. The first-order valence-electron chi connectivity index (χ1n) is 11.1. The standard InChI is InChI=1S/C22H34N6O7/c1-12(24)19(31)27-17(11-18(25)30)21(33)28-16(10-13-5-7-14(29)8-6-13)20(32)26-15(22(34)35)4-2-3-9-23/h5-8,12,15-17,29H,2-4,9-11,23-24H2,1H3,(H2,25,30)(H,26,32)(H,27,31)(H,28,33)(H,34,35). The van der Waals surface area contributed by atoms with Gasteiger partial charge in [-0.3, -0.25) is 19.2 Å². The van der Waals surface area contributed by atoms with Crippen molar-refractivity contribution in [2.45, 2.75) is 63.2 Å². The van der Waals surface area contributed by atoms with Crippen LogP contribution < -0.4 is 33.2 Å². The van der Waals surface area contributed by atoms with Crippen LogP contribution in [0, 0.1) is 0 Å². The van der Waals surface area contributed by atoms with E-state index < -0.39 is 60.2 Å². The third-order valence-electron chi connectivity index (χ3n) is 5.02. The molecular formula is C22H34N6O7. The predicted molar refractivity (Wildman–Crippen MR) is 126 cm³/mol. The number of aliphatic carboxylic acids is 1. The van der Waals surface area contributed by atoms with Gasteiger partial charge in [-0.05, 0) is 50.4 Å². The highest BCUT2D eigenvalue weighted by Gasteiger charge is 2.30. The zero-order valence-corrected chi connectivity index (χ0v) is 19.5. The lowest BCUT2D eigenvalue weighted by Gasteiger charge is -2.24. The molecule has 11 N–H and O–H groups in total. The second-order valence-electron chi connectivity index (χ2n) is 8.14. The molecule has 0 fully saturated rings. The second-order valence-corrected chi connectivity index (χ2v) is 8.14. The van der Waals surface area contributed by atoms with Gasteiger partial charge in [-0.2, -0.15) is 0 Å². The van der Waals surface area contributed by atoms with Crippen LogP contribution >= 0.6 is 0 Å². The molecule has 1 aromatic carbocycles. The van der Waals surface area contributed by atoms with Crippen molar-refractivity contribution < 1.29 is 34.2 Å². The van der Waals surface area contributed by atoms with Crippen LogP contribution in [0.4, 0.5) is 0 Å². The summed E-state index contributed by atoms with van der Waals surface area (Å²) in [6.07, 6.45) is 0.549. The maximum atomic E-state index is 13.0. The van der Waals surface area contributed by atoms with E-state index in [2.05, 4.69) is 16.0 Å². The molecule has 1 rings (SSSR count). The SMILES string of the molecule is CC(N)C(=O)NC(CC(N)=O)C(=O)NC(Cc1ccc(O)cc1)C(=O)NC(CCCCN)C(=O)O. The Morgan fingerprint density at radius 1 is 0.886 bits per heavy atom. The van der Waals surface area contributed by atoms with Crippen molar-refractivity contribution >= 4 is 29.6 Å². The van der Waals surface area contributed by atoms with Crippen LogP contribution in [0.5, 0.6) is 5.75 Å². The summed E-state index contributed by atoms with van der Waals surface area (Å²) in [6.45, 7) is 1.75. The molecule has 1 aromatic rings. The molecule has 35 heavy (non-hydrogen) atoms. The van der Waals surface area contributed by atoms with Crippen molar-refractivity contribution in [2.75, 3.05) is 6.54 Å². The van der Waals surface area contributed by atoms with E-state index in [0.717, 1.165) is 0 Å². The van der Waals surface area contributed by atoms with E-state index in [4.69, 9.17) is 17.2 Å². The first-order valence-corrected chi connectivity index (χ1v) is 11.1. The zero-order valence-electron chi connectivity index (χ0n) is 19.5. The van der Waals surface area contributed by atoms with Crippen LogP contribution in [-0.4, -0.2) is 70.5 Å². The Hall–Kier alpha value is -3.71. The molecule has 0 spiro atoms. The van der Waals surface area contributed by atoms with Crippen LogP contribution in [0.25, 0.3) is 0 Å². The van der Waals surface area contributed by atoms with Crippen molar-refractivity contribution in [3.05, 3.63) is 29.8 Å². The van der Waals surface area contributed by atoms with E-state index in [1.54, 1.807) is 0 Å². The van der Waals surface area contributed by atoms with Crippen molar-refractivity contribution in [3.63, 3.8) is 0 Å². The first-order chi connectivity index (χ1) is 16.4. The fraction of sp³-hybridized carbons (Fsp3) is 0.500. The minimum absolute atomic E-state index is 0.00947. The zero-order chi connectivity index (χ0) is 26.5. The van der Waals surface area contributed by atoms with Gasteiger partial charge < -0.3 is 43.4 Å². The normalized spacial score (nSPS) is 14.1. The summed E-state index contributed by atoms with van der Waals surface area (Å²) in [4.78, 5) is 60.9. The monoisotopic (exact) mass is 494 g/mol. The number of nitrogens with two attached hydrogens (primary N) is 3. The summed E-state index contributed by atoms with van der Waals surface area (Å²) in [5, 5.41) is 26.1. The number of hydrogen-bond donors (Lipinski definition) is 8. The van der Waals surface area contributed by atoms with Gasteiger partial charge in [0.2, 0.25) is 23.6 Å². The Morgan fingerprint density at radius 3 is 1.94 bits per heavy atom. The van der Waals surface area contributed by atoms with Gasteiger partial charge >= 0.3 is 5.97 Å². The summed E-state index contributed by atoms with van der Waals surface area (Å²) < 4.78 is 0. The number of carboxylic acid groups (broad SMARTS) is 1. The third-order valence-corrected chi connectivity index (χ3v) is 5.02. The van der Waals surface area contributed by atoms with Crippen LogP contribution in [0.15, 0.2) is 24.3 Å². The fourth-order valence-electron chi connectivity index (χ4n) is 3.09. The van der Waals surface area contributed by atoms with Gasteiger partial charge in [-0.25, -0.2) is 4.79 Å². The summed E-state index contributed by atoms with van der Waals surface area (Å²) >= 11 is 0. The number of carbonyl (C=O) groups is 5. The molecule has 0 heterocycles. The van der Waals surface area contributed by atoms with Crippen molar-refractivity contribution in [3.8, 4) is 5.75 Å². The molecule has 0 aliphatic carbocycles. The van der Waals surface area contributed by atoms with E-state index in [0.29, 0.717) is 24.9 Å². The molecule has 4 unspecified atom stereocenters. The number of unbranched alkanes of at least 4 members (excludes halogenated alkanes) is 1. The Bertz CT molecular complexity index is 891. The second kappa shape index (κ2) is 14.5. The van der Waals surface area contributed by atoms with Gasteiger partial charge in [0.15, 0.2) is 0 Å². The maximum Gasteiger partial charge on any atom is 0.326 e. The van der Waals surface area contributed by atoms with Crippen LogP contribution in [0.1, 0.15) is 38.2 Å². The lowest BCUT2D eigenvalue weighted by Crippen LogP contribution is -2.58. The third kappa shape index (κ3) is 10.8. The van der Waals surface area contributed by atoms with E-state index in [-0.39, 0.29) is 18.6 Å². The number of carbonyl (C=O) groups excluding carboxylic acids is 4. The number of hydrogen-bond acceptors (Lipinski definition) is 8. The van der Waals surface area contributed by atoms with Gasteiger partial charge in [0, 0.05) is 6.42 Å². The van der Waals surface area contributed by atoms with Crippen LogP contribution in [-0.2, 0) is 30.4 Å². The number of amides is 4. The highest BCUT2D eigenvalue weighted by Crippen LogP contribution is 2.12. The predicted octanol–water partition coefficient (Wildman–Crippen LogP) is -2.17. The van der Waals surface area contributed by atoms with E-state index in [1.165, 1.54) is 31.2 Å². The average Bonchev–Trinajstić information content (AvgIpc) is 2.78. The topological polar surface area (TPSA) is 240 Å².